The molecule has 0 aromatic heterocycles. The second-order valence-electron chi connectivity index (χ2n) is 8.10. The highest BCUT2D eigenvalue weighted by Crippen LogP contribution is 2.36. The third-order valence-corrected chi connectivity index (χ3v) is 7.75. The lowest BCUT2D eigenvalue weighted by molar-refractivity contribution is -0.274. The summed E-state index contributed by atoms with van der Waals surface area (Å²) in [7, 11) is -1.82. The Hall–Kier alpha value is -3.08. The van der Waals surface area contributed by atoms with Crippen LogP contribution in [-0.2, 0) is 22.8 Å². The minimum atomic E-state index is -4.81. The van der Waals surface area contributed by atoms with E-state index in [9.17, 15) is 22.5 Å². The van der Waals surface area contributed by atoms with Crippen molar-refractivity contribution in [3.63, 3.8) is 0 Å². The molecule has 1 aliphatic heterocycles. The average molecular weight is 506 g/mol. The lowest BCUT2D eigenvalue weighted by atomic mass is 10.0. The van der Waals surface area contributed by atoms with Crippen LogP contribution in [0.5, 0.6) is 5.75 Å². The summed E-state index contributed by atoms with van der Waals surface area (Å²) in [5, 5.41) is 10.9. The van der Waals surface area contributed by atoms with Crippen molar-refractivity contribution in [1.82, 2.24) is 4.72 Å². The Morgan fingerprint density at radius 2 is 1.54 bits per heavy atom. The lowest BCUT2D eigenvalue weighted by Crippen LogP contribution is -2.38. The number of aryl methyl sites for hydroxylation is 2. The highest BCUT2D eigenvalue weighted by atomic mass is 32.2. The van der Waals surface area contributed by atoms with Gasteiger partial charge in [0.15, 0.2) is 0 Å². The van der Waals surface area contributed by atoms with Crippen molar-refractivity contribution >= 4 is 21.3 Å². The number of halogens is 3. The maximum Gasteiger partial charge on any atom is 0.573 e. The molecule has 2 N–H and O–H groups in total. The Labute approximate surface area is 202 Å². The van der Waals surface area contributed by atoms with Gasteiger partial charge in [-0.1, -0.05) is 36.4 Å². The Balaban J connectivity index is 1.50. The summed E-state index contributed by atoms with van der Waals surface area (Å²) >= 11 is 0. The van der Waals surface area contributed by atoms with E-state index in [-0.39, 0.29) is 18.0 Å². The first-order valence-corrected chi connectivity index (χ1v) is 12.6. The number of benzene rings is 3. The predicted octanol–water partition coefficient (Wildman–Crippen LogP) is 4.84. The number of nitrogens with one attached hydrogen (secondary N) is 1. The van der Waals surface area contributed by atoms with E-state index in [0.717, 1.165) is 36.3 Å². The molecule has 3 aromatic carbocycles. The molecule has 0 saturated heterocycles. The summed E-state index contributed by atoms with van der Waals surface area (Å²) in [5.74, 6) is -0.419. The number of hydrogen-bond acceptors (Lipinski definition) is 5. The molecule has 2 unspecified atom stereocenters. The van der Waals surface area contributed by atoms with Gasteiger partial charge in [-0.3, -0.25) is 0 Å². The molecular weight excluding hydrogens is 479 g/mol. The van der Waals surface area contributed by atoms with Crippen LogP contribution >= 0.6 is 0 Å². The summed E-state index contributed by atoms with van der Waals surface area (Å²) < 4.78 is 61.2. The van der Waals surface area contributed by atoms with Gasteiger partial charge in [-0.15, -0.1) is 13.2 Å². The summed E-state index contributed by atoms with van der Waals surface area (Å²) in [5.41, 5.74) is 4.38. The van der Waals surface area contributed by atoms with Crippen LogP contribution in [0.15, 0.2) is 82.1 Å². The second kappa shape index (κ2) is 10.3. The monoisotopic (exact) mass is 505 g/mol. The molecular formula is C25H26F3N3O3S. The molecule has 186 valence electrons. The first kappa shape index (κ1) is 25.0. The molecule has 1 aliphatic rings. The zero-order chi connectivity index (χ0) is 25.1. The number of ether oxygens (including phenoxy) is 1. The Kier molecular flexibility index (Phi) is 7.34. The third-order valence-electron chi connectivity index (χ3n) is 5.77. The lowest BCUT2D eigenvalue weighted by Gasteiger charge is -2.29. The van der Waals surface area contributed by atoms with Gasteiger partial charge in [0.2, 0.25) is 0 Å². The Bertz CT molecular complexity index is 1240. The van der Waals surface area contributed by atoms with Crippen LogP contribution in [0.2, 0.25) is 0 Å². The topological polar surface area (TPSA) is 74.2 Å². The van der Waals surface area contributed by atoms with Gasteiger partial charge < -0.3 is 14.7 Å². The summed E-state index contributed by atoms with van der Waals surface area (Å²) in [6, 6.07) is 20.8. The van der Waals surface area contributed by atoms with Crippen molar-refractivity contribution in [2.75, 3.05) is 25.0 Å². The smallest absolute Gasteiger partial charge is 0.406 e. The van der Waals surface area contributed by atoms with Crippen LogP contribution in [0, 0.1) is 0 Å². The molecule has 0 saturated carbocycles. The van der Waals surface area contributed by atoms with Crippen molar-refractivity contribution in [2.24, 2.45) is 4.36 Å². The van der Waals surface area contributed by atoms with E-state index < -0.39 is 28.1 Å². The highest BCUT2D eigenvalue weighted by molar-refractivity contribution is 7.91. The molecule has 0 fully saturated rings. The van der Waals surface area contributed by atoms with Gasteiger partial charge in [-0.05, 0) is 60.4 Å². The second-order valence-corrected chi connectivity index (χ2v) is 10.3. The normalized spacial score (nSPS) is 15.9. The van der Waals surface area contributed by atoms with Crippen LogP contribution in [0.1, 0.15) is 11.1 Å². The number of para-hydroxylation sites is 2. The number of alkyl halides is 3. The molecule has 2 atom stereocenters. The first-order chi connectivity index (χ1) is 16.7. The van der Waals surface area contributed by atoms with Gasteiger partial charge in [0, 0.05) is 25.0 Å². The molecule has 6 nitrogen and oxygen atoms in total. The molecule has 10 heteroatoms. The van der Waals surface area contributed by atoms with Crippen LogP contribution in [-0.4, -0.2) is 41.9 Å². The van der Waals surface area contributed by atoms with E-state index in [0.29, 0.717) is 0 Å². The van der Waals surface area contributed by atoms with E-state index >= 15 is 0 Å². The number of aliphatic hydroxyl groups excluding tert-OH is 1. The van der Waals surface area contributed by atoms with Crippen LogP contribution in [0.4, 0.5) is 24.5 Å². The van der Waals surface area contributed by atoms with Crippen molar-refractivity contribution in [1.29, 1.82) is 0 Å². The number of rotatable bonds is 7. The zero-order valence-corrected chi connectivity index (χ0v) is 19.9. The predicted molar refractivity (Wildman–Crippen MR) is 129 cm³/mol. The van der Waals surface area contributed by atoms with Gasteiger partial charge in [0.1, 0.15) is 15.7 Å². The molecule has 0 bridgehead atoms. The fraction of sp³-hybridized carbons (Fsp3) is 0.280. The Morgan fingerprint density at radius 3 is 2.06 bits per heavy atom. The van der Waals surface area contributed by atoms with Crippen LogP contribution in [0.25, 0.3) is 0 Å². The summed E-state index contributed by atoms with van der Waals surface area (Å²) in [4.78, 5) is 2.25. The van der Waals surface area contributed by atoms with Crippen LogP contribution < -0.4 is 14.4 Å². The number of aliphatic hydroxyl groups is 1. The van der Waals surface area contributed by atoms with E-state index in [1.165, 1.54) is 30.3 Å². The van der Waals surface area contributed by atoms with Gasteiger partial charge in [0.05, 0.1) is 17.5 Å². The Morgan fingerprint density at radius 1 is 1.00 bits per heavy atom. The van der Waals surface area contributed by atoms with Crippen LogP contribution in [0.3, 0.4) is 0 Å². The van der Waals surface area contributed by atoms with E-state index in [1.807, 2.05) is 36.4 Å². The first-order valence-electron chi connectivity index (χ1n) is 11.1. The van der Waals surface area contributed by atoms with Crippen molar-refractivity contribution in [3.8, 4) is 5.75 Å². The molecule has 0 aliphatic carbocycles. The van der Waals surface area contributed by atoms with E-state index in [4.69, 9.17) is 0 Å². The highest BCUT2D eigenvalue weighted by Gasteiger charge is 2.31. The van der Waals surface area contributed by atoms with Gasteiger partial charge in [-0.25, -0.2) is 13.3 Å². The fourth-order valence-electron chi connectivity index (χ4n) is 4.13. The third kappa shape index (κ3) is 5.95. The SMILES string of the molecule is CN=S(=O)(NCC(O)CN1c2ccccc2CCc2ccccc21)c1ccc(OC(F)(F)F)cc1. The minimum Gasteiger partial charge on any atom is -0.406 e. The number of fused-ring (bicyclic) bond motifs is 2. The molecule has 4 rings (SSSR count). The number of nitrogens with zero attached hydrogens (tertiary/aromatic N) is 2. The molecule has 0 radical (unpaired) electrons. The average Bonchev–Trinajstić information content (AvgIpc) is 2.99. The standard InChI is InChI=1S/C25H26F3N3O3S/c1-29-35(33,22-14-12-21(13-15-22)34-25(26,27)28)30-16-20(32)17-31-23-8-4-2-6-18(23)10-11-19-7-3-5-9-24(19)31/h2-9,12-15,20,32H,10-11,16-17H2,1H3,(H,29,30,33). The molecule has 0 amide bonds. The fourth-order valence-corrected chi connectivity index (χ4v) is 5.56. The van der Waals surface area contributed by atoms with Crippen molar-refractivity contribution in [3.05, 3.63) is 83.9 Å². The number of anilines is 2. The summed E-state index contributed by atoms with van der Waals surface area (Å²) in [6.07, 6.45) is -3.96. The number of β-amino-alcohol motifs (C(OH)–C–C–N with tert-alkyl or cyclic N) is 1. The molecule has 35 heavy (non-hydrogen) atoms. The van der Waals surface area contributed by atoms with E-state index in [1.54, 1.807) is 0 Å². The number of hydrogen-bond donors (Lipinski definition) is 2. The quantitative estimate of drug-likeness (QED) is 0.482. The van der Waals surface area contributed by atoms with Crippen molar-refractivity contribution in [2.45, 2.75) is 30.2 Å². The summed E-state index contributed by atoms with van der Waals surface area (Å²) in [6.45, 7) is 0.205. The molecule has 1 heterocycles. The maximum atomic E-state index is 13.3. The molecule has 0 spiro atoms. The largest absolute Gasteiger partial charge is 0.573 e. The van der Waals surface area contributed by atoms with Gasteiger partial charge >= 0.3 is 6.36 Å². The maximum absolute atomic E-state index is 13.3. The van der Waals surface area contributed by atoms with Gasteiger partial charge in [0.25, 0.3) is 0 Å². The minimum absolute atomic E-state index is 0.0438. The van der Waals surface area contributed by atoms with E-state index in [2.05, 4.69) is 30.9 Å². The molecule has 3 aromatic rings. The van der Waals surface area contributed by atoms with Crippen molar-refractivity contribution < 1.29 is 27.2 Å². The zero-order valence-electron chi connectivity index (χ0n) is 19.0. The van der Waals surface area contributed by atoms with Gasteiger partial charge in [-0.2, -0.15) is 0 Å².